The number of halogens is 1. The summed E-state index contributed by atoms with van der Waals surface area (Å²) < 4.78 is 10.6. The van der Waals surface area contributed by atoms with E-state index < -0.39 is 0 Å². The second-order valence-electron chi connectivity index (χ2n) is 5.19. The number of nitrogens with zero attached hydrogens (tertiary/aromatic N) is 1. The minimum absolute atomic E-state index is 0.731. The Morgan fingerprint density at radius 3 is 2.62 bits per heavy atom. The first-order valence-electron chi connectivity index (χ1n) is 7.32. The van der Waals surface area contributed by atoms with E-state index in [-0.39, 0.29) is 0 Å². The van der Waals surface area contributed by atoms with Crippen LogP contribution in [0.2, 0.25) is 5.02 Å². The molecular weight excluding hydrogens is 344 g/mol. The lowest BCUT2D eigenvalue weighted by molar-refractivity contribution is 0.405. The van der Waals surface area contributed by atoms with Crippen molar-refractivity contribution in [2.45, 2.75) is 6.92 Å². The lowest BCUT2D eigenvalue weighted by Crippen LogP contribution is -1.95. The van der Waals surface area contributed by atoms with Crippen molar-refractivity contribution in [2.75, 3.05) is 19.5 Å². The zero-order chi connectivity index (χ0) is 17.1. The first-order valence-corrected chi connectivity index (χ1v) is 8.57. The second kappa shape index (κ2) is 7.11. The normalized spacial score (nSPS) is 10.5. The molecule has 0 bridgehead atoms. The van der Waals surface area contributed by atoms with Crippen molar-refractivity contribution in [1.29, 1.82) is 0 Å². The summed E-state index contributed by atoms with van der Waals surface area (Å²) in [7, 11) is 3.27. The number of aromatic nitrogens is 1. The number of hydrogen-bond donors (Lipinski definition) is 1. The summed E-state index contributed by atoms with van der Waals surface area (Å²) in [5, 5.41) is 6.84. The number of benzene rings is 2. The lowest BCUT2D eigenvalue weighted by atomic mass is 10.1. The molecule has 0 amide bonds. The standard InChI is InChI=1S/C18H17ClN2O2S/c1-11-8-12(4-6-14(11)19)16-10-24-18(21-16)20-15-9-13(22-2)5-7-17(15)23-3/h4-10H,1-3H3,(H,20,21). The second-order valence-corrected chi connectivity index (χ2v) is 6.46. The average Bonchev–Trinajstić information content (AvgIpc) is 3.05. The Morgan fingerprint density at radius 1 is 1.08 bits per heavy atom. The quantitative estimate of drug-likeness (QED) is 0.649. The molecule has 1 aromatic heterocycles. The van der Waals surface area contributed by atoms with Crippen molar-refractivity contribution < 1.29 is 9.47 Å². The maximum absolute atomic E-state index is 6.09. The number of rotatable bonds is 5. The third-order valence-electron chi connectivity index (χ3n) is 3.61. The first-order chi connectivity index (χ1) is 11.6. The van der Waals surface area contributed by atoms with Gasteiger partial charge in [-0.05, 0) is 36.8 Å². The number of thiazole rings is 1. The van der Waals surface area contributed by atoms with Crippen molar-refractivity contribution in [2.24, 2.45) is 0 Å². The van der Waals surface area contributed by atoms with Crippen LogP contribution >= 0.6 is 22.9 Å². The molecule has 0 saturated carbocycles. The molecule has 0 radical (unpaired) electrons. The number of anilines is 2. The Bertz CT molecular complexity index is 864. The van der Waals surface area contributed by atoms with E-state index in [1.54, 1.807) is 14.2 Å². The van der Waals surface area contributed by atoms with Crippen LogP contribution < -0.4 is 14.8 Å². The van der Waals surface area contributed by atoms with Gasteiger partial charge in [0.15, 0.2) is 5.13 Å². The molecular formula is C18H17ClN2O2S. The monoisotopic (exact) mass is 360 g/mol. The third kappa shape index (κ3) is 3.47. The molecule has 0 aliphatic carbocycles. The van der Waals surface area contributed by atoms with Gasteiger partial charge in [-0.15, -0.1) is 11.3 Å². The van der Waals surface area contributed by atoms with E-state index in [1.165, 1.54) is 11.3 Å². The van der Waals surface area contributed by atoms with Crippen LogP contribution in [0.25, 0.3) is 11.3 Å². The summed E-state index contributed by atoms with van der Waals surface area (Å²) in [6.45, 7) is 1.98. The predicted octanol–water partition coefficient (Wildman–Crippen LogP) is 5.53. The highest BCUT2D eigenvalue weighted by atomic mass is 35.5. The van der Waals surface area contributed by atoms with E-state index in [0.29, 0.717) is 0 Å². The van der Waals surface area contributed by atoms with Gasteiger partial charge in [0.25, 0.3) is 0 Å². The van der Waals surface area contributed by atoms with E-state index in [4.69, 9.17) is 21.1 Å². The highest BCUT2D eigenvalue weighted by Crippen LogP contribution is 2.34. The van der Waals surface area contributed by atoms with Crippen molar-refractivity contribution in [3.63, 3.8) is 0 Å². The van der Waals surface area contributed by atoms with Crippen LogP contribution in [0.15, 0.2) is 41.8 Å². The zero-order valence-electron chi connectivity index (χ0n) is 13.6. The van der Waals surface area contributed by atoms with Gasteiger partial charge >= 0.3 is 0 Å². The van der Waals surface area contributed by atoms with Crippen molar-refractivity contribution in [3.05, 3.63) is 52.4 Å². The van der Waals surface area contributed by atoms with Crippen LogP contribution in [0.1, 0.15) is 5.56 Å². The van der Waals surface area contributed by atoms with Gasteiger partial charge in [-0.2, -0.15) is 0 Å². The molecule has 3 aromatic rings. The first kappa shape index (κ1) is 16.6. The summed E-state index contributed by atoms with van der Waals surface area (Å²) in [5.41, 5.74) is 3.79. The molecule has 0 aliphatic heterocycles. The fraction of sp³-hybridized carbons (Fsp3) is 0.167. The van der Waals surface area contributed by atoms with Gasteiger partial charge in [0.05, 0.1) is 25.6 Å². The Kier molecular flexibility index (Phi) is 4.92. The molecule has 4 nitrogen and oxygen atoms in total. The Labute approximate surface area is 150 Å². The number of hydrogen-bond acceptors (Lipinski definition) is 5. The minimum atomic E-state index is 0.731. The molecule has 0 fully saturated rings. The number of aryl methyl sites for hydroxylation is 1. The lowest BCUT2D eigenvalue weighted by Gasteiger charge is -2.10. The molecule has 0 spiro atoms. The largest absolute Gasteiger partial charge is 0.497 e. The fourth-order valence-corrected chi connectivity index (χ4v) is 3.14. The van der Waals surface area contributed by atoms with Crippen LogP contribution in [0, 0.1) is 6.92 Å². The van der Waals surface area contributed by atoms with E-state index in [2.05, 4.69) is 10.3 Å². The Balaban J connectivity index is 1.87. The molecule has 3 rings (SSSR count). The maximum Gasteiger partial charge on any atom is 0.187 e. The van der Waals surface area contributed by atoms with Crippen molar-refractivity contribution in [3.8, 4) is 22.8 Å². The Hall–Kier alpha value is -2.24. The van der Waals surface area contributed by atoms with E-state index >= 15 is 0 Å². The fourth-order valence-electron chi connectivity index (χ4n) is 2.29. The van der Waals surface area contributed by atoms with Crippen LogP contribution in [0.5, 0.6) is 11.5 Å². The highest BCUT2D eigenvalue weighted by Gasteiger charge is 2.10. The summed E-state index contributed by atoms with van der Waals surface area (Å²) in [5.74, 6) is 1.48. The molecule has 0 saturated heterocycles. The maximum atomic E-state index is 6.09. The highest BCUT2D eigenvalue weighted by molar-refractivity contribution is 7.14. The third-order valence-corrected chi connectivity index (χ3v) is 4.79. The molecule has 124 valence electrons. The minimum Gasteiger partial charge on any atom is -0.497 e. The van der Waals surface area contributed by atoms with Crippen LogP contribution in [-0.2, 0) is 0 Å². The molecule has 6 heteroatoms. The zero-order valence-corrected chi connectivity index (χ0v) is 15.2. The number of methoxy groups -OCH3 is 2. The van der Waals surface area contributed by atoms with E-state index in [9.17, 15) is 0 Å². The van der Waals surface area contributed by atoms with Gasteiger partial charge in [0.1, 0.15) is 11.5 Å². The van der Waals surface area contributed by atoms with Gasteiger partial charge < -0.3 is 14.8 Å². The van der Waals surface area contributed by atoms with E-state index in [1.807, 2.05) is 48.7 Å². The van der Waals surface area contributed by atoms with Crippen molar-refractivity contribution in [1.82, 2.24) is 4.98 Å². The van der Waals surface area contributed by atoms with Crippen molar-refractivity contribution >= 4 is 33.8 Å². The van der Waals surface area contributed by atoms with Crippen LogP contribution in [0.3, 0.4) is 0 Å². The number of nitrogens with one attached hydrogen (secondary N) is 1. The average molecular weight is 361 g/mol. The van der Waals surface area contributed by atoms with Gasteiger partial charge in [0.2, 0.25) is 0 Å². The molecule has 1 N–H and O–H groups in total. The number of ether oxygens (including phenoxy) is 2. The van der Waals surface area contributed by atoms with Gasteiger partial charge in [-0.25, -0.2) is 4.98 Å². The van der Waals surface area contributed by atoms with E-state index in [0.717, 1.165) is 44.2 Å². The molecule has 2 aromatic carbocycles. The molecule has 1 heterocycles. The Morgan fingerprint density at radius 2 is 1.92 bits per heavy atom. The predicted molar refractivity (Wildman–Crippen MR) is 100 cm³/mol. The van der Waals surface area contributed by atoms with Gasteiger partial charge in [-0.3, -0.25) is 0 Å². The SMILES string of the molecule is COc1ccc(OC)c(Nc2nc(-c3ccc(Cl)c(C)c3)cs2)c1. The molecule has 0 atom stereocenters. The summed E-state index contributed by atoms with van der Waals surface area (Å²) >= 11 is 7.62. The summed E-state index contributed by atoms with van der Waals surface area (Å²) in [6.07, 6.45) is 0. The van der Waals surface area contributed by atoms with Crippen LogP contribution in [-0.4, -0.2) is 19.2 Å². The smallest absolute Gasteiger partial charge is 0.187 e. The topological polar surface area (TPSA) is 43.4 Å². The summed E-state index contributed by atoms with van der Waals surface area (Å²) in [6, 6.07) is 11.5. The molecule has 24 heavy (non-hydrogen) atoms. The van der Waals surface area contributed by atoms with Gasteiger partial charge in [0, 0.05) is 22.0 Å². The summed E-state index contributed by atoms with van der Waals surface area (Å²) in [4.78, 5) is 4.65. The molecule has 0 unspecified atom stereocenters. The van der Waals surface area contributed by atoms with Gasteiger partial charge in [-0.1, -0.05) is 17.7 Å². The molecule has 0 aliphatic rings. The van der Waals surface area contributed by atoms with Crippen LogP contribution in [0.4, 0.5) is 10.8 Å².